The third kappa shape index (κ3) is 6.49. The lowest BCUT2D eigenvalue weighted by molar-refractivity contribution is -0.440. The maximum atomic E-state index is 13.0. The van der Waals surface area contributed by atoms with Crippen LogP contribution in [0.25, 0.3) is 0 Å². The molecule has 1 N–H and O–H groups in total. The SMILES string of the molecule is CN(C)CCCNC(=O)C(OC(F)(F)C(F)(F)C(F)(F)F)C(F)(F)F. The van der Waals surface area contributed by atoms with Gasteiger partial charge in [0.2, 0.25) is 6.10 Å². The number of ether oxygens (including phenoxy) is 1. The minimum absolute atomic E-state index is 0.0540. The molecule has 150 valence electrons. The second-order valence-electron chi connectivity index (χ2n) is 5.08. The minimum atomic E-state index is -6.94. The first-order valence-electron chi connectivity index (χ1n) is 6.43. The summed E-state index contributed by atoms with van der Waals surface area (Å²) in [6.07, 6.45) is -23.6. The lowest BCUT2D eigenvalue weighted by atomic mass is 10.2. The quantitative estimate of drug-likeness (QED) is 0.507. The summed E-state index contributed by atoms with van der Waals surface area (Å²) in [5.74, 6) is -9.25. The molecule has 25 heavy (non-hydrogen) atoms. The molecule has 0 fully saturated rings. The Labute approximate surface area is 135 Å². The van der Waals surface area contributed by atoms with E-state index in [0.29, 0.717) is 0 Å². The van der Waals surface area contributed by atoms with Crippen LogP contribution in [0, 0.1) is 0 Å². The van der Waals surface area contributed by atoms with Gasteiger partial charge in [0.05, 0.1) is 0 Å². The average molecular weight is 396 g/mol. The number of rotatable bonds is 8. The maximum Gasteiger partial charge on any atom is 0.462 e. The van der Waals surface area contributed by atoms with Crippen molar-refractivity contribution in [1.82, 2.24) is 10.2 Å². The lowest BCUT2D eigenvalue weighted by Gasteiger charge is -2.31. The fourth-order valence-electron chi connectivity index (χ4n) is 1.36. The smallest absolute Gasteiger partial charge is 0.353 e. The highest BCUT2D eigenvalue weighted by Crippen LogP contribution is 2.48. The van der Waals surface area contributed by atoms with Crippen LogP contribution in [-0.4, -0.2) is 68.5 Å². The van der Waals surface area contributed by atoms with E-state index in [0.717, 1.165) is 0 Å². The van der Waals surface area contributed by atoms with Crippen molar-refractivity contribution in [3.8, 4) is 0 Å². The first-order valence-corrected chi connectivity index (χ1v) is 6.43. The Morgan fingerprint density at radius 2 is 1.48 bits per heavy atom. The number of nitrogens with zero attached hydrogens (tertiary/aromatic N) is 1. The third-order valence-electron chi connectivity index (χ3n) is 2.60. The monoisotopic (exact) mass is 396 g/mol. The number of alkyl halides is 10. The Hall–Kier alpha value is -1.31. The molecule has 0 aromatic carbocycles. The van der Waals surface area contributed by atoms with Crippen LogP contribution < -0.4 is 5.32 Å². The molecule has 14 heteroatoms. The third-order valence-corrected chi connectivity index (χ3v) is 2.60. The van der Waals surface area contributed by atoms with E-state index in [-0.39, 0.29) is 13.0 Å². The van der Waals surface area contributed by atoms with E-state index in [9.17, 15) is 48.7 Å². The number of carbonyl (C=O) groups is 1. The van der Waals surface area contributed by atoms with Crippen LogP contribution in [0.15, 0.2) is 0 Å². The second-order valence-corrected chi connectivity index (χ2v) is 5.08. The molecular weight excluding hydrogens is 382 g/mol. The molecule has 0 aliphatic heterocycles. The van der Waals surface area contributed by atoms with Gasteiger partial charge in [0.25, 0.3) is 5.91 Å². The maximum absolute atomic E-state index is 13.0. The molecule has 4 nitrogen and oxygen atoms in total. The molecule has 0 aliphatic rings. The average Bonchev–Trinajstić information content (AvgIpc) is 2.37. The van der Waals surface area contributed by atoms with Gasteiger partial charge in [-0.2, -0.15) is 43.9 Å². The zero-order valence-electron chi connectivity index (χ0n) is 12.7. The van der Waals surface area contributed by atoms with Crippen LogP contribution in [0.2, 0.25) is 0 Å². The van der Waals surface area contributed by atoms with Gasteiger partial charge in [-0.05, 0) is 27.1 Å². The van der Waals surface area contributed by atoms with E-state index in [1.807, 2.05) is 0 Å². The van der Waals surface area contributed by atoms with Gasteiger partial charge < -0.3 is 10.2 Å². The van der Waals surface area contributed by atoms with Crippen LogP contribution in [-0.2, 0) is 9.53 Å². The summed E-state index contributed by atoms with van der Waals surface area (Å²) in [5, 5.41) is 1.49. The van der Waals surface area contributed by atoms with Crippen LogP contribution in [0.4, 0.5) is 43.9 Å². The van der Waals surface area contributed by atoms with Gasteiger partial charge in [0, 0.05) is 6.54 Å². The lowest BCUT2D eigenvalue weighted by Crippen LogP contribution is -2.58. The second kappa shape index (κ2) is 7.93. The summed E-state index contributed by atoms with van der Waals surface area (Å²) in [4.78, 5) is 12.8. The Morgan fingerprint density at radius 1 is 1.00 bits per heavy atom. The number of nitrogens with one attached hydrogen (secondary N) is 1. The number of hydrogen-bond donors (Lipinski definition) is 1. The van der Waals surface area contributed by atoms with E-state index < -0.39 is 42.9 Å². The van der Waals surface area contributed by atoms with E-state index >= 15 is 0 Å². The molecule has 0 radical (unpaired) electrons. The fourth-order valence-corrected chi connectivity index (χ4v) is 1.36. The zero-order chi connectivity index (χ0) is 20.3. The van der Waals surface area contributed by atoms with Crippen LogP contribution in [0.1, 0.15) is 6.42 Å². The molecule has 0 rings (SSSR count). The van der Waals surface area contributed by atoms with Crippen molar-refractivity contribution in [1.29, 1.82) is 0 Å². The minimum Gasteiger partial charge on any atom is -0.353 e. The van der Waals surface area contributed by atoms with Gasteiger partial charge in [0.1, 0.15) is 0 Å². The van der Waals surface area contributed by atoms with Gasteiger partial charge >= 0.3 is 24.4 Å². The first-order chi connectivity index (χ1) is 10.9. The summed E-state index contributed by atoms with van der Waals surface area (Å²) < 4.78 is 127. The summed E-state index contributed by atoms with van der Waals surface area (Å²) in [6.45, 7) is -0.214. The van der Waals surface area contributed by atoms with Crippen molar-refractivity contribution < 1.29 is 53.4 Å². The topological polar surface area (TPSA) is 41.6 Å². The van der Waals surface area contributed by atoms with E-state index in [2.05, 4.69) is 4.74 Å². The molecule has 0 heterocycles. The Morgan fingerprint density at radius 3 is 1.84 bits per heavy atom. The molecule has 0 aromatic heterocycles. The van der Waals surface area contributed by atoms with Crippen LogP contribution in [0.5, 0.6) is 0 Å². The van der Waals surface area contributed by atoms with Crippen molar-refractivity contribution in [2.45, 2.75) is 36.9 Å². The summed E-state index contributed by atoms with van der Waals surface area (Å²) >= 11 is 0. The van der Waals surface area contributed by atoms with Crippen molar-refractivity contribution in [3.63, 3.8) is 0 Å². The highest BCUT2D eigenvalue weighted by atomic mass is 19.4. The van der Waals surface area contributed by atoms with Crippen molar-refractivity contribution in [2.75, 3.05) is 27.2 Å². The number of halogens is 10. The van der Waals surface area contributed by atoms with Crippen molar-refractivity contribution in [3.05, 3.63) is 0 Å². The Bertz CT molecular complexity index is 447. The highest BCUT2D eigenvalue weighted by molar-refractivity contribution is 5.81. The van der Waals surface area contributed by atoms with E-state index in [1.165, 1.54) is 5.32 Å². The molecule has 1 unspecified atom stereocenters. The first kappa shape index (κ1) is 23.7. The largest absolute Gasteiger partial charge is 0.462 e. The normalized spacial score (nSPS) is 15.4. The van der Waals surface area contributed by atoms with Crippen LogP contribution in [0.3, 0.4) is 0 Å². The Kier molecular flexibility index (Phi) is 7.51. The molecule has 0 saturated carbocycles. The number of hydrogen-bond acceptors (Lipinski definition) is 3. The van der Waals surface area contributed by atoms with Crippen molar-refractivity contribution in [2.24, 2.45) is 0 Å². The fraction of sp³-hybridized carbons (Fsp3) is 0.909. The molecule has 0 aliphatic carbocycles. The van der Waals surface area contributed by atoms with Gasteiger partial charge in [-0.1, -0.05) is 0 Å². The molecule has 0 saturated heterocycles. The molecule has 0 bridgehead atoms. The standard InChI is InChI=1S/C11H14F10N2O2/c1-23(2)5-3-4-22-7(24)6(8(12,13)14)25-11(20,21)9(15,16)10(17,18)19/h6H,3-5H2,1-2H3,(H,22,24). The van der Waals surface area contributed by atoms with Gasteiger partial charge in [-0.25, -0.2) is 0 Å². The van der Waals surface area contributed by atoms with Crippen molar-refractivity contribution >= 4 is 5.91 Å². The predicted molar refractivity (Wildman–Crippen MR) is 63.1 cm³/mol. The van der Waals surface area contributed by atoms with Crippen LogP contribution >= 0.6 is 0 Å². The van der Waals surface area contributed by atoms with E-state index in [4.69, 9.17) is 0 Å². The predicted octanol–water partition coefficient (Wildman–Crippen LogP) is 2.79. The van der Waals surface area contributed by atoms with Gasteiger partial charge in [-0.3, -0.25) is 9.53 Å². The summed E-state index contributed by atoms with van der Waals surface area (Å²) in [5.41, 5.74) is 0. The molecule has 1 atom stereocenters. The van der Waals surface area contributed by atoms with E-state index in [1.54, 1.807) is 19.0 Å². The molecule has 0 aromatic rings. The zero-order valence-corrected chi connectivity index (χ0v) is 12.7. The summed E-state index contributed by atoms with van der Waals surface area (Å²) in [6, 6.07) is 0. The number of amides is 1. The summed E-state index contributed by atoms with van der Waals surface area (Å²) in [7, 11) is 3.15. The number of carbonyl (C=O) groups excluding carboxylic acids is 1. The van der Waals surface area contributed by atoms with Gasteiger partial charge in [0.15, 0.2) is 0 Å². The van der Waals surface area contributed by atoms with Gasteiger partial charge in [-0.15, -0.1) is 0 Å². The highest BCUT2D eigenvalue weighted by Gasteiger charge is 2.76. The molecule has 1 amide bonds. The molecule has 0 spiro atoms. The molecular formula is C11H14F10N2O2. The Balaban J connectivity index is 5.21.